The van der Waals surface area contributed by atoms with Gasteiger partial charge in [-0.3, -0.25) is 9.69 Å². The number of hydrogen-bond donors (Lipinski definition) is 1. The number of nitrogens with zero attached hydrogens (tertiary/aromatic N) is 3. The van der Waals surface area contributed by atoms with E-state index in [1.54, 1.807) is 0 Å². The van der Waals surface area contributed by atoms with Gasteiger partial charge in [0.1, 0.15) is 0 Å². The molecule has 0 aromatic rings. The summed E-state index contributed by atoms with van der Waals surface area (Å²) in [6, 6.07) is 0.742. The SMILES string of the molecule is CC(C)N1CCC(C(=O)N2C[C@@H](O)[C@H](N3CCCC3)C2)CC1. The maximum atomic E-state index is 12.8. The monoisotopic (exact) mass is 309 g/mol. The average Bonchev–Trinajstić information content (AvgIpc) is 3.15. The molecule has 0 bridgehead atoms. The quantitative estimate of drug-likeness (QED) is 0.837. The number of β-amino-alcohol motifs (C(OH)–C–C–N with tert-alkyl or cyclic N) is 1. The Morgan fingerprint density at radius 1 is 1.05 bits per heavy atom. The summed E-state index contributed by atoms with van der Waals surface area (Å²) in [6.07, 6.45) is 4.03. The highest BCUT2D eigenvalue weighted by atomic mass is 16.3. The molecule has 1 N–H and O–H groups in total. The first-order valence-corrected chi connectivity index (χ1v) is 9.01. The predicted octanol–water partition coefficient (Wildman–Crippen LogP) is 0.774. The average molecular weight is 309 g/mol. The number of carbonyl (C=O) groups is 1. The summed E-state index contributed by atoms with van der Waals surface area (Å²) in [5.74, 6) is 0.448. The van der Waals surface area contributed by atoms with E-state index in [2.05, 4.69) is 23.6 Å². The van der Waals surface area contributed by atoms with Crippen LogP contribution in [0.25, 0.3) is 0 Å². The Balaban J connectivity index is 1.53. The van der Waals surface area contributed by atoms with E-state index in [0.29, 0.717) is 12.6 Å². The summed E-state index contributed by atoms with van der Waals surface area (Å²) in [7, 11) is 0. The molecule has 3 fully saturated rings. The van der Waals surface area contributed by atoms with Crippen LogP contribution in [-0.4, -0.2) is 83.2 Å². The lowest BCUT2D eigenvalue weighted by molar-refractivity contribution is -0.136. The van der Waals surface area contributed by atoms with Crippen molar-refractivity contribution in [1.82, 2.24) is 14.7 Å². The van der Waals surface area contributed by atoms with Gasteiger partial charge < -0.3 is 14.9 Å². The van der Waals surface area contributed by atoms with Crippen molar-refractivity contribution < 1.29 is 9.90 Å². The molecule has 0 aliphatic carbocycles. The zero-order chi connectivity index (χ0) is 15.7. The van der Waals surface area contributed by atoms with Gasteiger partial charge in [0.05, 0.1) is 12.1 Å². The molecule has 3 aliphatic rings. The number of aliphatic hydroxyl groups is 1. The molecule has 3 saturated heterocycles. The zero-order valence-corrected chi connectivity index (χ0v) is 14.1. The van der Waals surface area contributed by atoms with Crippen LogP contribution in [0, 0.1) is 5.92 Å². The fourth-order valence-electron chi connectivity index (χ4n) is 4.30. The van der Waals surface area contributed by atoms with Gasteiger partial charge >= 0.3 is 0 Å². The minimum atomic E-state index is -0.363. The van der Waals surface area contributed by atoms with E-state index < -0.39 is 0 Å². The van der Waals surface area contributed by atoms with Crippen molar-refractivity contribution in [2.75, 3.05) is 39.3 Å². The molecule has 3 heterocycles. The van der Waals surface area contributed by atoms with Crippen molar-refractivity contribution in [2.24, 2.45) is 5.92 Å². The molecule has 5 heteroatoms. The summed E-state index contributed by atoms with van der Waals surface area (Å²) < 4.78 is 0. The van der Waals surface area contributed by atoms with Gasteiger partial charge in [-0.2, -0.15) is 0 Å². The van der Waals surface area contributed by atoms with Gasteiger partial charge in [-0.15, -0.1) is 0 Å². The highest BCUT2D eigenvalue weighted by Gasteiger charge is 2.40. The molecule has 3 aliphatic heterocycles. The Kier molecular flexibility index (Phi) is 5.05. The smallest absolute Gasteiger partial charge is 0.225 e. The molecule has 0 spiro atoms. The lowest BCUT2D eigenvalue weighted by Crippen LogP contribution is -2.45. The normalized spacial score (nSPS) is 32.3. The number of hydrogen-bond acceptors (Lipinski definition) is 4. The van der Waals surface area contributed by atoms with Crippen LogP contribution in [0.15, 0.2) is 0 Å². The van der Waals surface area contributed by atoms with Crippen molar-refractivity contribution >= 4 is 5.91 Å². The molecule has 1 amide bonds. The van der Waals surface area contributed by atoms with Crippen molar-refractivity contribution in [3.05, 3.63) is 0 Å². The number of piperidine rings is 1. The zero-order valence-electron chi connectivity index (χ0n) is 14.1. The first-order valence-electron chi connectivity index (χ1n) is 9.01. The Labute approximate surface area is 134 Å². The fourth-order valence-corrected chi connectivity index (χ4v) is 4.30. The summed E-state index contributed by atoms with van der Waals surface area (Å²) in [5.41, 5.74) is 0. The first kappa shape index (κ1) is 16.2. The molecule has 2 atom stereocenters. The largest absolute Gasteiger partial charge is 0.390 e. The van der Waals surface area contributed by atoms with E-state index >= 15 is 0 Å². The molecule has 5 nitrogen and oxygen atoms in total. The summed E-state index contributed by atoms with van der Waals surface area (Å²) in [4.78, 5) is 19.5. The molecule has 126 valence electrons. The highest BCUT2D eigenvalue weighted by molar-refractivity contribution is 5.79. The van der Waals surface area contributed by atoms with E-state index in [1.165, 1.54) is 12.8 Å². The lowest BCUT2D eigenvalue weighted by atomic mass is 9.94. The molecule has 22 heavy (non-hydrogen) atoms. The fraction of sp³-hybridized carbons (Fsp3) is 0.941. The Bertz CT molecular complexity index is 387. The van der Waals surface area contributed by atoms with Crippen LogP contribution < -0.4 is 0 Å². The predicted molar refractivity (Wildman–Crippen MR) is 86.6 cm³/mol. The van der Waals surface area contributed by atoms with Crippen LogP contribution in [0.2, 0.25) is 0 Å². The molecule has 0 aromatic carbocycles. The van der Waals surface area contributed by atoms with Crippen LogP contribution in [0.4, 0.5) is 0 Å². The Morgan fingerprint density at radius 3 is 2.27 bits per heavy atom. The van der Waals surface area contributed by atoms with Gasteiger partial charge in [-0.25, -0.2) is 0 Å². The third-order valence-corrected chi connectivity index (χ3v) is 5.79. The lowest BCUT2D eigenvalue weighted by Gasteiger charge is -2.35. The molecule has 0 saturated carbocycles. The number of aliphatic hydroxyl groups excluding tert-OH is 1. The van der Waals surface area contributed by atoms with E-state index in [9.17, 15) is 9.90 Å². The molecule has 0 radical (unpaired) electrons. The van der Waals surface area contributed by atoms with Gasteiger partial charge in [0.15, 0.2) is 0 Å². The molecule has 3 rings (SSSR count). The molecular formula is C17H31N3O2. The summed E-state index contributed by atoms with van der Waals surface area (Å²) >= 11 is 0. The van der Waals surface area contributed by atoms with E-state index in [-0.39, 0.29) is 24.0 Å². The van der Waals surface area contributed by atoms with Crippen LogP contribution >= 0.6 is 0 Å². The second-order valence-corrected chi connectivity index (χ2v) is 7.52. The third kappa shape index (κ3) is 3.31. The van der Waals surface area contributed by atoms with Crippen LogP contribution in [-0.2, 0) is 4.79 Å². The van der Waals surface area contributed by atoms with Crippen molar-refractivity contribution in [2.45, 2.75) is 57.7 Å². The van der Waals surface area contributed by atoms with Gasteiger partial charge in [0.25, 0.3) is 0 Å². The van der Waals surface area contributed by atoms with E-state index in [4.69, 9.17) is 0 Å². The second kappa shape index (κ2) is 6.85. The minimum Gasteiger partial charge on any atom is -0.390 e. The van der Waals surface area contributed by atoms with Gasteiger partial charge in [-0.1, -0.05) is 0 Å². The molecule has 0 unspecified atom stereocenters. The van der Waals surface area contributed by atoms with E-state index in [0.717, 1.165) is 45.6 Å². The van der Waals surface area contributed by atoms with E-state index in [1.807, 2.05) is 4.90 Å². The Morgan fingerprint density at radius 2 is 1.68 bits per heavy atom. The van der Waals surface area contributed by atoms with Crippen LogP contribution in [0.5, 0.6) is 0 Å². The third-order valence-electron chi connectivity index (χ3n) is 5.79. The number of carbonyl (C=O) groups excluding carboxylic acids is 1. The maximum absolute atomic E-state index is 12.8. The van der Waals surface area contributed by atoms with Gasteiger partial charge in [0, 0.05) is 25.0 Å². The highest BCUT2D eigenvalue weighted by Crippen LogP contribution is 2.26. The van der Waals surface area contributed by atoms with Gasteiger partial charge in [-0.05, 0) is 65.7 Å². The standard InChI is InChI=1S/C17H31N3O2/c1-13(2)18-9-5-14(6-10-18)17(22)20-11-15(16(21)12-20)19-7-3-4-8-19/h13-16,21H,3-12H2,1-2H3/t15-,16-/m1/s1. The first-order chi connectivity index (χ1) is 10.6. The van der Waals surface area contributed by atoms with Gasteiger partial charge in [0.2, 0.25) is 5.91 Å². The Hall–Kier alpha value is -0.650. The second-order valence-electron chi connectivity index (χ2n) is 7.52. The summed E-state index contributed by atoms with van der Waals surface area (Å²) in [6.45, 7) is 9.92. The number of rotatable bonds is 3. The molecule has 0 aromatic heterocycles. The van der Waals surface area contributed by atoms with Crippen molar-refractivity contribution in [3.63, 3.8) is 0 Å². The molecular weight excluding hydrogens is 278 g/mol. The minimum absolute atomic E-state index is 0.166. The van der Waals surface area contributed by atoms with Crippen molar-refractivity contribution in [3.8, 4) is 0 Å². The summed E-state index contributed by atoms with van der Waals surface area (Å²) in [5, 5.41) is 10.3. The van der Waals surface area contributed by atoms with Crippen LogP contribution in [0.1, 0.15) is 39.5 Å². The van der Waals surface area contributed by atoms with Crippen LogP contribution in [0.3, 0.4) is 0 Å². The number of amides is 1. The van der Waals surface area contributed by atoms with Crippen molar-refractivity contribution in [1.29, 1.82) is 0 Å². The maximum Gasteiger partial charge on any atom is 0.225 e. The topological polar surface area (TPSA) is 47.0 Å². The number of likely N-dealkylation sites (tertiary alicyclic amines) is 3.